The quantitative estimate of drug-likeness (QED) is 0.830. The van der Waals surface area contributed by atoms with E-state index in [1.165, 1.54) is 13.3 Å². The summed E-state index contributed by atoms with van der Waals surface area (Å²) in [4.78, 5) is 27.0. The van der Waals surface area contributed by atoms with E-state index in [4.69, 9.17) is 0 Å². The number of benzene rings is 1. The number of hydrogen-bond acceptors (Lipinski definition) is 4. The lowest BCUT2D eigenvalue weighted by molar-refractivity contribution is -0.140. The lowest BCUT2D eigenvalue weighted by atomic mass is 10.3. The largest absolute Gasteiger partial charge is 0.469 e. The number of carbonyl (C=O) groups excluding carboxylic acids is 2. The van der Waals surface area contributed by atoms with E-state index in [2.05, 4.69) is 15.0 Å². The van der Waals surface area contributed by atoms with E-state index in [0.29, 0.717) is 5.69 Å². The molecule has 2 rings (SSSR count). The van der Waals surface area contributed by atoms with Crippen LogP contribution in [-0.2, 0) is 9.53 Å². The summed E-state index contributed by atoms with van der Waals surface area (Å²) < 4.78 is 6.20. The van der Waals surface area contributed by atoms with Gasteiger partial charge >= 0.3 is 5.97 Å². The number of rotatable bonds is 5. The second-order valence-corrected chi connectivity index (χ2v) is 4.07. The Hall–Kier alpha value is -2.63. The topological polar surface area (TPSA) is 73.2 Å². The van der Waals surface area contributed by atoms with Crippen LogP contribution in [0.3, 0.4) is 0 Å². The van der Waals surface area contributed by atoms with E-state index in [-0.39, 0.29) is 24.8 Å². The number of para-hydroxylation sites is 1. The number of hydrogen-bond donors (Lipinski definition) is 1. The zero-order valence-electron chi connectivity index (χ0n) is 11.1. The number of esters is 1. The highest BCUT2D eigenvalue weighted by Crippen LogP contribution is 2.10. The van der Waals surface area contributed by atoms with Crippen LogP contribution in [0.5, 0.6) is 0 Å². The number of aromatic nitrogens is 2. The Morgan fingerprint density at radius 2 is 2.05 bits per heavy atom. The van der Waals surface area contributed by atoms with Gasteiger partial charge in [-0.05, 0) is 12.1 Å². The molecule has 0 unspecified atom stereocenters. The fraction of sp³-hybridized carbons (Fsp3) is 0.214. The molecule has 20 heavy (non-hydrogen) atoms. The van der Waals surface area contributed by atoms with Gasteiger partial charge in [0.1, 0.15) is 5.69 Å². The van der Waals surface area contributed by atoms with Crippen LogP contribution in [0.25, 0.3) is 5.69 Å². The maximum atomic E-state index is 12.0. The van der Waals surface area contributed by atoms with E-state index in [0.717, 1.165) is 5.69 Å². The molecular weight excluding hydrogens is 258 g/mol. The summed E-state index contributed by atoms with van der Waals surface area (Å²) in [6.45, 7) is 0.228. The van der Waals surface area contributed by atoms with E-state index >= 15 is 0 Å². The van der Waals surface area contributed by atoms with Crippen LogP contribution in [-0.4, -0.2) is 35.1 Å². The van der Waals surface area contributed by atoms with Crippen molar-refractivity contribution >= 4 is 11.9 Å². The van der Waals surface area contributed by atoms with Gasteiger partial charge < -0.3 is 10.1 Å². The van der Waals surface area contributed by atoms with Crippen LogP contribution < -0.4 is 5.32 Å². The fourth-order valence-corrected chi connectivity index (χ4v) is 1.73. The predicted octanol–water partition coefficient (Wildman–Crippen LogP) is 1.17. The summed E-state index contributed by atoms with van der Waals surface area (Å²) in [5.74, 6) is -0.642. The molecule has 6 heteroatoms. The molecule has 0 radical (unpaired) electrons. The molecule has 0 saturated heterocycles. The Balaban J connectivity index is 2.05. The molecular formula is C14H15N3O3. The van der Waals surface area contributed by atoms with Gasteiger partial charge in [0.15, 0.2) is 0 Å². The number of nitrogens with zero attached hydrogens (tertiary/aromatic N) is 2. The molecule has 0 aliphatic carbocycles. The molecule has 1 aromatic carbocycles. The number of ether oxygens (including phenoxy) is 1. The summed E-state index contributed by atoms with van der Waals surface area (Å²) >= 11 is 0. The Bertz CT molecular complexity index is 593. The highest BCUT2D eigenvalue weighted by Gasteiger charge is 2.12. The van der Waals surface area contributed by atoms with Crippen LogP contribution in [0.1, 0.15) is 16.9 Å². The van der Waals surface area contributed by atoms with E-state index in [1.807, 2.05) is 30.3 Å². The van der Waals surface area contributed by atoms with Crippen LogP contribution in [0, 0.1) is 0 Å². The van der Waals surface area contributed by atoms with Crippen molar-refractivity contribution < 1.29 is 14.3 Å². The first-order chi connectivity index (χ1) is 9.72. The smallest absolute Gasteiger partial charge is 0.307 e. The fourth-order valence-electron chi connectivity index (χ4n) is 1.73. The van der Waals surface area contributed by atoms with E-state index in [1.54, 1.807) is 10.9 Å². The Morgan fingerprint density at radius 3 is 2.75 bits per heavy atom. The third-order valence-electron chi connectivity index (χ3n) is 2.75. The molecule has 1 heterocycles. The summed E-state index contributed by atoms with van der Waals surface area (Å²) in [5, 5.41) is 2.66. The van der Waals surface area contributed by atoms with Gasteiger partial charge in [-0.25, -0.2) is 4.98 Å². The molecule has 0 bridgehead atoms. The highest BCUT2D eigenvalue weighted by atomic mass is 16.5. The van der Waals surface area contributed by atoms with Crippen molar-refractivity contribution in [2.45, 2.75) is 6.42 Å². The van der Waals surface area contributed by atoms with Gasteiger partial charge in [0, 0.05) is 12.2 Å². The number of methoxy groups -OCH3 is 1. The molecule has 0 fully saturated rings. The van der Waals surface area contributed by atoms with Gasteiger partial charge in [-0.15, -0.1) is 0 Å². The molecule has 1 amide bonds. The third-order valence-corrected chi connectivity index (χ3v) is 2.75. The average Bonchev–Trinajstić information content (AvgIpc) is 2.97. The lowest BCUT2D eigenvalue weighted by Gasteiger charge is -2.08. The normalized spacial score (nSPS) is 10.1. The lowest BCUT2D eigenvalue weighted by Crippen LogP contribution is -2.28. The van der Waals surface area contributed by atoms with E-state index < -0.39 is 0 Å². The SMILES string of the molecule is COC(=O)CCNC(=O)c1cncn1-c1ccccc1. The van der Waals surface area contributed by atoms with Crippen LogP contribution in [0.2, 0.25) is 0 Å². The van der Waals surface area contributed by atoms with Crippen LogP contribution in [0.15, 0.2) is 42.9 Å². The van der Waals surface area contributed by atoms with Crippen molar-refractivity contribution in [2.24, 2.45) is 0 Å². The van der Waals surface area contributed by atoms with Crippen molar-refractivity contribution in [1.82, 2.24) is 14.9 Å². The number of imidazole rings is 1. The van der Waals surface area contributed by atoms with Crippen molar-refractivity contribution in [3.63, 3.8) is 0 Å². The van der Waals surface area contributed by atoms with Gasteiger partial charge in [0.25, 0.3) is 5.91 Å². The summed E-state index contributed by atoms with van der Waals surface area (Å²) in [7, 11) is 1.31. The van der Waals surface area contributed by atoms with Gasteiger partial charge in [0.2, 0.25) is 0 Å². The first-order valence-electron chi connectivity index (χ1n) is 6.15. The maximum absolute atomic E-state index is 12.0. The molecule has 0 aliphatic rings. The molecule has 0 atom stereocenters. The van der Waals surface area contributed by atoms with Gasteiger partial charge in [-0.3, -0.25) is 14.2 Å². The number of amides is 1. The molecule has 0 spiro atoms. The van der Waals surface area contributed by atoms with Crippen LogP contribution in [0.4, 0.5) is 0 Å². The summed E-state index contributed by atoms with van der Waals surface area (Å²) in [5.41, 5.74) is 1.27. The van der Waals surface area contributed by atoms with E-state index in [9.17, 15) is 9.59 Å². The number of carbonyl (C=O) groups is 2. The van der Waals surface area contributed by atoms with Crippen molar-refractivity contribution in [1.29, 1.82) is 0 Å². The van der Waals surface area contributed by atoms with Crippen LogP contribution >= 0.6 is 0 Å². The number of nitrogens with one attached hydrogen (secondary N) is 1. The highest BCUT2D eigenvalue weighted by molar-refractivity contribution is 5.93. The van der Waals surface area contributed by atoms with Crippen molar-refractivity contribution in [3.8, 4) is 5.69 Å². The zero-order valence-corrected chi connectivity index (χ0v) is 11.1. The first kappa shape index (κ1) is 13.8. The standard InChI is InChI=1S/C14H15N3O3/c1-20-13(18)7-8-16-14(19)12-9-15-10-17(12)11-5-3-2-4-6-11/h2-6,9-10H,7-8H2,1H3,(H,16,19). The Morgan fingerprint density at radius 1 is 1.30 bits per heavy atom. The van der Waals surface area contributed by atoms with Crippen molar-refractivity contribution in [2.75, 3.05) is 13.7 Å². The molecule has 0 saturated carbocycles. The van der Waals surface area contributed by atoms with Crippen molar-refractivity contribution in [3.05, 3.63) is 48.5 Å². The van der Waals surface area contributed by atoms with Gasteiger partial charge in [-0.2, -0.15) is 0 Å². The monoisotopic (exact) mass is 273 g/mol. The second kappa shape index (κ2) is 6.51. The first-order valence-corrected chi connectivity index (χ1v) is 6.15. The molecule has 2 aromatic rings. The molecule has 6 nitrogen and oxygen atoms in total. The summed E-state index contributed by atoms with van der Waals surface area (Å²) in [6.07, 6.45) is 3.20. The van der Waals surface area contributed by atoms with Gasteiger partial charge in [-0.1, -0.05) is 18.2 Å². The Kier molecular flexibility index (Phi) is 4.49. The minimum Gasteiger partial charge on any atom is -0.469 e. The molecule has 1 aromatic heterocycles. The summed E-state index contributed by atoms with van der Waals surface area (Å²) in [6, 6.07) is 9.43. The molecule has 0 aliphatic heterocycles. The second-order valence-electron chi connectivity index (χ2n) is 4.07. The van der Waals surface area contributed by atoms with Gasteiger partial charge in [0.05, 0.1) is 26.1 Å². The molecule has 1 N–H and O–H groups in total. The average molecular weight is 273 g/mol. The molecule has 104 valence electrons. The minimum atomic E-state index is -0.359. The predicted molar refractivity (Wildman–Crippen MR) is 72.5 cm³/mol. The third kappa shape index (κ3) is 3.23. The Labute approximate surface area is 116 Å². The maximum Gasteiger partial charge on any atom is 0.307 e. The zero-order chi connectivity index (χ0) is 14.4. The minimum absolute atomic E-state index is 0.141.